The van der Waals surface area contributed by atoms with Gasteiger partial charge in [-0.2, -0.15) is 0 Å². The van der Waals surface area contributed by atoms with E-state index in [1.807, 2.05) is 39.0 Å². The van der Waals surface area contributed by atoms with Gasteiger partial charge in [-0.25, -0.2) is 9.97 Å². The molecule has 0 atom stereocenters. The molecule has 3 aromatic heterocycles. The van der Waals surface area contributed by atoms with Crippen molar-refractivity contribution in [1.29, 1.82) is 0 Å². The van der Waals surface area contributed by atoms with Crippen LogP contribution in [0.25, 0.3) is 10.8 Å². The largest absolute Gasteiger partial charge is 0.396 e. The van der Waals surface area contributed by atoms with Gasteiger partial charge in [-0.3, -0.25) is 4.79 Å². The normalized spacial score (nSPS) is 11.6. The van der Waals surface area contributed by atoms with Gasteiger partial charge < -0.3 is 25.4 Å². The fourth-order valence-electron chi connectivity index (χ4n) is 3.05. The maximum atomic E-state index is 12.9. The third-order valence-electron chi connectivity index (χ3n) is 4.27. The number of aliphatic hydroxyl groups excluding tert-OH is 2. The fourth-order valence-corrected chi connectivity index (χ4v) is 3.05. The van der Waals surface area contributed by atoms with Gasteiger partial charge in [0, 0.05) is 31.1 Å². The van der Waals surface area contributed by atoms with Crippen molar-refractivity contribution >= 4 is 28.2 Å². The monoisotopic (exact) mass is 397 g/mol. The van der Waals surface area contributed by atoms with Crippen LogP contribution in [0.1, 0.15) is 26.3 Å². The van der Waals surface area contributed by atoms with Crippen molar-refractivity contribution in [3.8, 4) is 0 Å². The first-order valence-corrected chi connectivity index (χ1v) is 9.57. The van der Waals surface area contributed by atoms with Crippen LogP contribution in [-0.4, -0.2) is 43.5 Å². The van der Waals surface area contributed by atoms with E-state index >= 15 is 0 Å². The average Bonchev–Trinajstić information content (AvgIpc) is 2.63. The molecule has 154 valence electrons. The molecule has 0 saturated carbocycles. The Morgan fingerprint density at radius 1 is 1.10 bits per heavy atom. The molecule has 0 bridgehead atoms. The van der Waals surface area contributed by atoms with Crippen molar-refractivity contribution in [2.75, 3.05) is 23.8 Å². The quantitative estimate of drug-likeness (QED) is 0.484. The number of hydrogen-bond acceptors (Lipinski definition) is 7. The summed E-state index contributed by atoms with van der Waals surface area (Å²) in [5, 5.41) is 26.1. The third-order valence-corrected chi connectivity index (χ3v) is 4.27. The van der Waals surface area contributed by atoms with Gasteiger partial charge in [0.2, 0.25) is 0 Å². The molecular weight excluding hydrogens is 370 g/mol. The second-order valence-electron chi connectivity index (χ2n) is 7.88. The molecule has 0 amide bonds. The topological polar surface area (TPSA) is 112 Å². The van der Waals surface area contributed by atoms with Crippen LogP contribution in [0, 0.1) is 0 Å². The van der Waals surface area contributed by atoms with Gasteiger partial charge in [0.15, 0.2) is 0 Å². The second kappa shape index (κ2) is 8.59. The summed E-state index contributed by atoms with van der Waals surface area (Å²) in [5.74, 6) is 1.64. The van der Waals surface area contributed by atoms with E-state index in [1.54, 1.807) is 18.5 Å². The lowest BCUT2D eigenvalue weighted by molar-refractivity contribution is 0.274. The second-order valence-corrected chi connectivity index (χ2v) is 7.88. The Hall–Kier alpha value is -2.97. The average molecular weight is 397 g/mol. The predicted octanol–water partition coefficient (Wildman–Crippen LogP) is 2.27. The van der Waals surface area contributed by atoms with Crippen molar-refractivity contribution < 1.29 is 10.2 Å². The van der Waals surface area contributed by atoms with Crippen LogP contribution in [0.3, 0.4) is 0 Å². The highest BCUT2D eigenvalue weighted by atomic mass is 16.3. The first-order chi connectivity index (χ1) is 13.8. The van der Waals surface area contributed by atoms with Gasteiger partial charge in [0.05, 0.1) is 12.0 Å². The van der Waals surface area contributed by atoms with E-state index in [4.69, 9.17) is 5.11 Å². The van der Waals surface area contributed by atoms with Gasteiger partial charge in [-0.1, -0.05) is 0 Å². The maximum absolute atomic E-state index is 12.9. The Balaban J connectivity index is 2.08. The number of pyridine rings is 3. The van der Waals surface area contributed by atoms with Gasteiger partial charge in [-0.15, -0.1) is 0 Å². The van der Waals surface area contributed by atoms with Crippen LogP contribution in [0.2, 0.25) is 0 Å². The Morgan fingerprint density at radius 2 is 1.90 bits per heavy atom. The number of aromatic nitrogens is 3. The van der Waals surface area contributed by atoms with E-state index < -0.39 is 0 Å². The van der Waals surface area contributed by atoms with Gasteiger partial charge in [-0.05, 0) is 62.4 Å². The number of fused-ring (bicyclic) bond motifs is 1. The van der Waals surface area contributed by atoms with E-state index in [0.29, 0.717) is 29.3 Å². The lowest BCUT2D eigenvalue weighted by Gasteiger charge is -2.23. The number of anilines is 3. The Kier molecular flexibility index (Phi) is 6.14. The highest BCUT2D eigenvalue weighted by molar-refractivity contribution is 5.93. The van der Waals surface area contributed by atoms with Crippen LogP contribution < -0.4 is 16.2 Å². The van der Waals surface area contributed by atoms with Crippen LogP contribution in [0.15, 0.2) is 41.5 Å². The van der Waals surface area contributed by atoms with Crippen molar-refractivity contribution in [2.24, 2.45) is 0 Å². The zero-order valence-electron chi connectivity index (χ0n) is 16.9. The zero-order chi connectivity index (χ0) is 21.0. The van der Waals surface area contributed by atoms with Crippen LogP contribution in [0.4, 0.5) is 17.5 Å². The molecule has 0 aromatic carbocycles. The summed E-state index contributed by atoms with van der Waals surface area (Å²) >= 11 is 0. The number of nitrogens with one attached hydrogen (secondary N) is 2. The molecule has 3 aromatic rings. The molecule has 0 unspecified atom stereocenters. The van der Waals surface area contributed by atoms with Crippen molar-refractivity contribution in [2.45, 2.75) is 39.3 Å². The molecule has 0 saturated heterocycles. The lowest BCUT2D eigenvalue weighted by Crippen LogP contribution is -2.29. The third kappa shape index (κ3) is 5.10. The van der Waals surface area contributed by atoms with Crippen LogP contribution in [-0.2, 0) is 13.0 Å². The molecule has 0 aliphatic rings. The zero-order valence-corrected chi connectivity index (χ0v) is 16.9. The first kappa shape index (κ1) is 20.8. The Labute approximate surface area is 169 Å². The fraction of sp³-hybridized carbons (Fsp3) is 0.381. The van der Waals surface area contributed by atoms with E-state index in [2.05, 4.69) is 20.6 Å². The van der Waals surface area contributed by atoms with Gasteiger partial charge in [0.25, 0.3) is 5.56 Å². The van der Waals surface area contributed by atoms with Crippen LogP contribution in [0.5, 0.6) is 0 Å². The van der Waals surface area contributed by atoms with Gasteiger partial charge >= 0.3 is 0 Å². The summed E-state index contributed by atoms with van der Waals surface area (Å²) in [6, 6.07) is 7.35. The smallest absolute Gasteiger partial charge is 0.262 e. The van der Waals surface area contributed by atoms with Gasteiger partial charge in [0.1, 0.15) is 17.5 Å². The molecular formula is C21H27N5O3. The summed E-state index contributed by atoms with van der Waals surface area (Å²) in [6.07, 6.45) is 3.89. The molecule has 0 spiro atoms. The molecule has 3 rings (SSSR count). The van der Waals surface area contributed by atoms with Crippen LogP contribution >= 0.6 is 0 Å². The minimum Gasteiger partial charge on any atom is -0.396 e. The van der Waals surface area contributed by atoms with E-state index in [-0.39, 0.29) is 30.9 Å². The Morgan fingerprint density at radius 3 is 2.59 bits per heavy atom. The standard InChI is InChI=1S/C21H27N5O3/c1-21(2,3)25-19-18-15(5-8-26(9-11-28)20(18)29)13-17(24-19)23-16-12-14(6-10-27)4-7-22-16/h4-5,7-8,12-13,27-28H,6,9-11H2,1-3H3,(H2,22,23,24,25). The molecule has 8 heteroatoms. The number of rotatable bonds is 7. The number of nitrogens with zero attached hydrogens (tertiary/aromatic N) is 3. The number of hydrogen-bond donors (Lipinski definition) is 4. The molecule has 8 nitrogen and oxygen atoms in total. The Bertz CT molecular complexity index is 1060. The molecule has 3 heterocycles. The highest BCUT2D eigenvalue weighted by Gasteiger charge is 2.17. The molecule has 29 heavy (non-hydrogen) atoms. The minimum absolute atomic E-state index is 0.0669. The van der Waals surface area contributed by atoms with E-state index in [9.17, 15) is 9.90 Å². The van der Waals surface area contributed by atoms with Crippen molar-refractivity contribution in [3.63, 3.8) is 0 Å². The summed E-state index contributed by atoms with van der Waals surface area (Å²) in [4.78, 5) is 21.9. The van der Waals surface area contributed by atoms with Crippen molar-refractivity contribution in [1.82, 2.24) is 14.5 Å². The molecule has 0 aliphatic carbocycles. The summed E-state index contributed by atoms with van der Waals surface area (Å²) in [5.41, 5.74) is 0.457. The lowest BCUT2D eigenvalue weighted by atomic mass is 10.1. The van der Waals surface area contributed by atoms with E-state index in [0.717, 1.165) is 10.9 Å². The molecule has 0 radical (unpaired) electrons. The predicted molar refractivity (Wildman–Crippen MR) is 115 cm³/mol. The molecule has 4 N–H and O–H groups in total. The highest BCUT2D eigenvalue weighted by Crippen LogP contribution is 2.26. The van der Waals surface area contributed by atoms with E-state index in [1.165, 1.54) is 4.57 Å². The summed E-state index contributed by atoms with van der Waals surface area (Å²) in [7, 11) is 0. The number of aliphatic hydroxyl groups is 2. The molecule has 0 aliphatic heterocycles. The summed E-state index contributed by atoms with van der Waals surface area (Å²) < 4.78 is 1.48. The summed E-state index contributed by atoms with van der Waals surface area (Å²) in [6.45, 7) is 6.17. The molecule has 0 fully saturated rings. The SMILES string of the molecule is CC(C)(C)Nc1nc(Nc2cc(CCO)ccn2)cc2ccn(CCO)c(=O)c12. The minimum atomic E-state index is -0.304. The first-order valence-electron chi connectivity index (χ1n) is 9.57. The maximum Gasteiger partial charge on any atom is 0.262 e. The van der Waals surface area contributed by atoms with Crippen molar-refractivity contribution in [3.05, 3.63) is 52.6 Å².